The predicted octanol–water partition coefficient (Wildman–Crippen LogP) is 4.60. The largest absolute Gasteiger partial charge is 0.416 e. The lowest BCUT2D eigenvalue weighted by atomic mass is 10.2. The van der Waals surface area contributed by atoms with E-state index in [0.717, 1.165) is 12.1 Å². The minimum absolute atomic E-state index is 0.00978. The number of halogens is 5. The summed E-state index contributed by atoms with van der Waals surface area (Å²) >= 11 is 9.52. The number of nitrogens with one attached hydrogen (secondary N) is 1. The highest BCUT2D eigenvalue weighted by Gasteiger charge is 2.32. The summed E-state index contributed by atoms with van der Waals surface area (Å²) in [6.07, 6.45) is -2.84. The zero-order valence-electron chi connectivity index (χ0n) is 15.8. The topological polar surface area (TPSA) is 68.3 Å². The van der Waals surface area contributed by atoms with Crippen molar-refractivity contribution in [2.45, 2.75) is 25.7 Å². The van der Waals surface area contributed by atoms with Gasteiger partial charge in [0.05, 0.1) is 22.7 Å². The molecule has 3 heterocycles. The second-order valence-corrected chi connectivity index (χ2v) is 8.47. The maximum Gasteiger partial charge on any atom is 0.416 e. The van der Waals surface area contributed by atoms with E-state index in [0.29, 0.717) is 57.5 Å². The maximum atomic E-state index is 13.1. The van der Waals surface area contributed by atoms with Crippen LogP contribution in [0.25, 0.3) is 11.0 Å². The van der Waals surface area contributed by atoms with Gasteiger partial charge in [-0.25, -0.2) is 9.97 Å². The quantitative estimate of drug-likeness (QED) is 0.546. The number of aliphatic hydroxyl groups is 1. The lowest BCUT2D eigenvalue weighted by Crippen LogP contribution is -2.52. The Morgan fingerprint density at radius 3 is 2.70 bits per heavy atom. The molecule has 2 aromatic heterocycles. The highest BCUT2D eigenvalue weighted by Crippen LogP contribution is 2.36. The molecule has 0 amide bonds. The number of piperazine rings is 1. The Morgan fingerprint density at radius 2 is 2.07 bits per heavy atom. The lowest BCUT2D eigenvalue weighted by molar-refractivity contribution is -0.137. The zero-order valence-corrected chi connectivity index (χ0v) is 18.2. The van der Waals surface area contributed by atoms with E-state index in [4.69, 9.17) is 11.6 Å². The van der Waals surface area contributed by atoms with Gasteiger partial charge in [-0.15, -0.1) is 0 Å². The summed E-state index contributed by atoms with van der Waals surface area (Å²) < 4.78 is 39.6. The van der Waals surface area contributed by atoms with Gasteiger partial charge >= 0.3 is 6.18 Å². The van der Waals surface area contributed by atoms with Crippen LogP contribution in [0.5, 0.6) is 0 Å². The summed E-state index contributed by atoms with van der Waals surface area (Å²) in [7, 11) is 0. The molecule has 4 rings (SSSR count). The number of aromatic nitrogens is 3. The third-order valence-electron chi connectivity index (χ3n) is 5.11. The summed E-state index contributed by atoms with van der Waals surface area (Å²) in [5.74, 6) is 1.16. The Kier molecular flexibility index (Phi) is 5.58. The van der Waals surface area contributed by atoms with Crippen molar-refractivity contribution in [2.75, 3.05) is 29.4 Å². The normalized spacial score (nSPS) is 17.8. The Labute approximate surface area is 183 Å². The van der Waals surface area contributed by atoms with E-state index in [1.54, 1.807) is 12.3 Å². The second kappa shape index (κ2) is 7.90. The smallest absolute Gasteiger partial charge is 0.392 e. The monoisotopic (exact) mass is 503 g/mol. The summed E-state index contributed by atoms with van der Waals surface area (Å²) in [6.45, 7) is 3.68. The number of hydrogen-bond acceptors (Lipinski definition) is 5. The molecule has 2 N–H and O–H groups in total. The van der Waals surface area contributed by atoms with Crippen LogP contribution in [0.15, 0.2) is 28.9 Å². The Balaban J connectivity index is 1.58. The SMILES string of the molecule is C[C@H]1CN(c2ncc(CO)cc2Cl)CCN1c1nc2c(Br)cc(C(F)(F)F)cc2[nH]1. The number of alkyl halides is 3. The average Bonchev–Trinajstić information content (AvgIpc) is 3.11. The second-order valence-electron chi connectivity index (χ2n) is 7.21. The molecule has 1 aliphatic rings. The van der Waals surface area contributed by atoms with Crippen molar-refractivity contribution in [3.8, 4) is 0 Å². The number of nitrogens with zero attached hydrogens (tertiary/aromatic N) is 4. The van der Waals surface area contributed by atoms with Gasteiger partial charge in [0, 0.05) is 36.3 Å². The van der Waals surface area contributed by atoms with Gasteiger partial charge in [0.2, 0.25) is 5.95 Å². The number of anilines is 2. The molecule has 0 unspecified atom stereocenters. The van der Waals surface area contributed by atoms with Crippen molar-refractivity contribution in [1.82, 2.24) is 15.0 Å². The van der Waals surface area contributed by atoms with Crippen LogP contribution in [0.3, 0.4) is 0 Å². The highest BCUT2D eigenvalue weighted by molar-refractivity contribution is 9.10. The van der Waals surface area contributed by atoms with Gasteiger partial charge in [-0.3, -0.25) is 0 Å². The third kappa shape index (κ3) is 3.95. The molecule has 1 aromatic carbocycles. The summed E-state index contributed by atoms with van der Waals surface area (Å²) in [4.78, 5) is 16.0. The molecule has 1 fully saturated rings. The number of aliphatic hydroxyl groups excluding tert-OH is 1. The maximum absolute atomic E-state index is 13.1. The number of pyridine rings is 1. The zero-order chi connectivity index (χ0) is 21.6. The van der Waals surface area contributed by atoms with E-state index in [1.165, 1.54) is 0 Å². The van der Waals surface area contributed by atoms with Crippen molar-refractivity contribution in [1.29, 1.82) is 0 Å². The van der Waals surface area contributed by atoms with E-state index in [9.17, 15) is 18.3 Å². The van der Waals surface area contributed by atoms with Gasteiger partial charge in [-0.1, -0.05) is 11.6 Å². The van der Waals surface area contributed by atoms with Crippen LogP contribution in [0, 0.1) is 0 Å². The summed E-state index contributed by atoms with van der Waals surface area (Å²) in [5.41, 5.74) is 0.686. The Bertz CT molecular complexity index is 1090. The van der Waals surface area contributed by atoms with Gasteiger partial charge in [0.1, 0.15) is 11.3 Å². The van der Waals surface area contributed by atoms with Gasteiger partial charge in [-0.2, -0.15) is 13.2 Å². The molecule has 30 heavy (non-hydrogen) atoms. The number of hydrogen-bond donors (Lipinski definition) is 2. The number of fused-ring (bicyclic) bond motifs is 1. The van der Waals surface area contributed by atoms with Crippen LogP contribution in [0.2, 0.25) is 5.02 Å². The number of aromatic amines is 1. The summed E-state index contributed by atoms with van der Waals surface area (Å²) in [6, 6.07) is 3.81. The average molecular weight is 505 g/mol. The molecule has 1 saturated heterocycles. The van der Waals surface area contributed by atoms with Crippen molar-refractivity contribution >= 4 is 50.3 Å². The van der Waals surface area contributed by atoms with E-state index in [2.05, 4.69) is 30.9 Å². The standard InChI is InChI=1S/C19H18BrClF3N5O/c1-10-8-28(17-14(21)4-11(9-30)7-25-17)2-3-29(10)18-26-15-6-12(19(22,23)24)5-13(20)16(15)27-18/h4-7,10,30H,2-3,8-9H2,1H3,(H,26,27)/t10-/m0/s1. The first kappa shape index (κ1) is 21.2. The predicted molar refractivity (Wildman–Crippen MR) is 113 cm³/mol. The lowest BCUT2D eigenvalue weighted by Gasteiger charge is -2.40. The fourth-order valence-electron chi connectivity index (χ4n) is 3.62. The van der Waals surface area contributed by atoms with Crippen LogP contribution < -0.4 is 9.80 Å². The van der Waals surface area contributed by atoms with Crippen molar-refractivity contribution in [3.63, 3.8) is 0 Å². The van der Waals surface area contributed by atoms with E-state index in [-0.39, 0.29) is 12.6 Å². The molecule has 11 heteroatoms. The van der Waals surface area contributed by atoms with Crippen molar-refractivity contribution in [2.24, 2.45) is 0 Å². The van der Waals surface area contributed by atoms with Gasteiger partial charge < -0.3 is 19.9 Å². The van der Waals surface area contributed by atoms with Crippen molar-refractivity contribution < 1.29 is 18.3 Å². The Morgan fingerprint density at radius 1 is 1.30 bits per heavy atom. The molecule has 160 valence electrons. The Hall–Kier alpha value is -2.04. The van der Waals surface area contributed by atoms with Crippen molar-refractivity contribution in [3.05, 3.63) is 45.0 Å². The van der Waals surface area contributed by atoms with Gasteiger partial charge in [0.15, 0.2) is 0 Å². The molecule has 1 aliphatic heterocycles. The van der Waals surface area contributed by atoms with Gasteiger partial charge in [-0.05, 0) is 46.6 Å². The van der Waals surface area contributed by atoms with Crippen LogP contribution >= 0.6 is 27.5 Å². The molecule has 6 nitrogen and oxygen atoms in total. The third-order valence-corrected chi connectivity index (χ3v) is 6.00. The first-order chi connectivity index (χ1) is 14.2. The molecule has 0 bridgehead atoms. The molecule has 0 saturated carbocycles. The number of imidazole rings is 1. The molecule has 1 atom stereocenters. The first-order valence-electron chi connectivity index (χ1n) is 9.20. The minimum atomic E-state index is -4.43. The fraction of sp³-hybridized carbons (Fsp3) is 0.368. The number of rotatable bonds is 3. The number of benzene rings is 1. The van der Waals surface area contributed by atoms with E-state index in [1.807, 2.05) is 16.7 Å². The minimum Gasteiger partial charge on any atom is -0.392 e. The fourth-order valence-corrected chi connectivity index (χ4v) is 4.47. The molecule has 3 aromatic rings. The van der Waals surface area contributed by atoms with Crippen LogP contribution in [-0.4, -0.2) is 45.7 Å². The van der Waals surface area contributed by atoms with Crippen LogP contribution in [0.4, 0.5) is 24.9 Å². The number of H-pyrrole nitrogens is 1. The first-order valence-corrected chi connectivity index (χ1v) is 10.4. The van der Waals surface area contributed by atoms with E-state index >= 15 is 0 Å². The van der Waals surface area contributed by atoms with Gasteiger partial charge in [0.25, 0.3) is 0 Å². The molecular weight excluding hydrogens is 487 g/mol. The van der Waals surface area contributed by atoms with Crippen LogP contribution in [0.1, 0.15) is 18.1 Å². The highest BCUT2D eigenvalue weighted by atomic mass is 79.9. The van der Waals surface area contributed by atoms with Crippen LogP contribution in [-0.2, 0) is 12.8 Å². The summed E-state index contributed by atoms with van der Waals surface area (Å²) in [5, 5.41) is 9.68. The molecule has 0 aliphatic carbocycles. The molecular formula is C19H18BrClF3N5O. The molecule has 0 radical (unpaired) electrons. The molecule has 0 spiro atoms. The van der Waals surface area contributed by atoms with E-state index < -0.39 is 11.7 Å².